The molecule has 0 aliphatic carbocycles. The second-order valence-electron chi connectivity index (χ2n) is 11.0. The maximum absolute atomic E-state index is 14.2. The summed E-state index contributed by atoms with van der Waals surface area (Å²) in [4.78, 5) is 55.8. The maximum Gasteiger partial charge on any atom is 0.343 e. The van der Waals surface area contributed by atoms with Gasteiger partial charge in [-0.3, -0.25) is 19.5 Å². The highest BCUT2D eigenvalue weighted by molar-refractivity contribution is 9.10. The van der Waals surface area contributed by atoms with Crippen LogP contribution in [0, 0.1) is 10.1 Å². The predicted molar refractivity (Wildman–Crippen MR) is 197 cm³/mol. The van der Waals surface area contributed by atoms with Crippen LogP contribution in [-0.4, -0.2) is 48.4 Å². The number of thiazole rings is 1. The molecule has 1 atom stereocenters. The largest absolute Gasteiger partial charge is 0.490 e. The minimum Gasteiger partial charge on any atom is -0.490 e. The van der Waals surface area contributed by atoms with Crippen molar-refractivity contribution in [1.29, 1.82) is 0 Å². The zero-order valence-corrected chi connectivity index (χ0v) is 32.0. The number of methoxy groups -OCH3 is 1. The fraction of sp³-hybridized carbons (Fsp3) is 0.257. The first-order valence-corrected chi connectivity index (χ1v) is 17.9. The van der Waals surface area contributed by atoms with Crippen LogP contribution in [0.1, 0.15) is 43.5 Å². The van der Waals surface area contributed by atoms with Crippen LogP contribution in [0.2, 0.25) is 10.0 Å². The van der Waals surface area contributed by atoms with Crippen molar-refractivity contribution in [2.75, 3.05) is 26.9 Å². The molecule has 2 heterocycles. The standard InChI is InChI=1S/C35H30BrCl2N3O10S/c1-5-48-27-15-21(8-10-26(27)50-17-29(42)47-4)31-30(34(44)49-6-2)18(3)39-35-40(31)33(43)28(52-35)14-20-11-22(36)32(25(13-20)41(45)46)51-16-19-7-9-23(37)24(38)12-19/h7-15,31H,5-6,16-17H2,1-4H3/b28-14+/t31-/m1/s1. The first kappa shape index (κ1) is 38.5. The summed E-state index contributed by atoms with van der Waals surface area (Å²) in [5.74, 6) is -0.762. The van der Waals surface area contributed by atoms with Gasteiger partial charge < -0.3 is 23.7 Å². The number of esters is 2. The van der Waals surface area contributed by atoms with Gasteiger partial charge in [-0.1, -0.05) is 46.7 Å². The third-order valence-electron chi connectivity index (χ3n) is 7.58. The number of nitrogens with zero attached hydrogens (tertiary/aromatic N) is 3. The quantitative estimate of drug-likeness (QED) is 0.0850. The van der Waals surface area contributed by atoms with Crippen LogP contribution in [-0.2, 0) is 25.7 Å². The molecular formula is C35H30BrCl2N3O10S. The highest BCUT2D eigenvalue weighted by atomic mass is 79.9. The van der Waals surface area contributed by atoms with Gasteiger partial charge in [-0.15, -0.1) is 0 Å². The Bertz CT molecular complexity index is 2290. The third kappa shape index (κ3) is 8.33. The van der Waals surface area contributed by atoms with Gasteiger partial charge in [-0.2, -0.15) is 0 Å². The molecule has 0 bridgehead atoms. The molecule has 0 saturated heterocycles. The average Bonchev–Trinajstić information content (AvgIpc) is 3.41. The van der Waals surface area contributed by atoms with Gasteiger partial charge in [0.25, 0.3) is 5.56 Å². The van der Waals surface area contributed by atoms with E-state index < -0.39 is 28.5 Å². The summed E-state index contributed by atoms with van der Waals surface area (Å²) in [6.45, 7) is 5.02. The van der Waals surface area contributed by atoms with Crippen molar-refractivity contribution in [1.82, 2.24) is 4.57 Å². The van der Waals surface area contributed by atoms with E-state index in [4.69, 9.17) is 42.1 Å². The monoisotopic (exact) mass is 833 g/mol. The van der Waals surface area contributed by atoms with Gasteiger partial charge in [0.1, 0.15) is 6.61 Å². The van der Waals surface area contributed by atoms with Crippen LogP contribution >= 0.6 is 50.5 Å². The van der Waals surface area contributed by atoms with Crippen LogP contribution in [0.15, 0.2) is 74.1 Å². The van der Waals surface area contributed by atoms with E-state index in [1.54, 1.807) is 63.2 Å². The number of hydrogen-bond donors (Lipinski definition) is 0. The zero-order valence-electron chi connectivity index (χ0n) is 28.1. The van der Waals surface area contributed by atoms with E-state index in [2.05, 4.69) is 25.7 Å². The average molecular weight is 836 g/mol. The van der Waals surface area contributed by atoms with Crippen LogP contribution in [0.4, 0.5) is 5.69 Å². The number of halogens is 3. The summed E-state index contributed by atoms with van der Waals surface area (Å²) in [5.41, 5.74) is 1.06. The Balaban J connectivity index is 1.60. The van der Waals surface area contributed by atoms with Gasteiger partial charge in [0, 0.05) is 6.07 Å². The molecule has 1 aromatic heterocycles. The highest BCUT2D eigenvalue weighted by Gasteiger charge is 2.34. The van der Waals surface area contributed by atoms with E-state index in [9.17, 15) is 24.5 Å². The Morgan fingerprint density at radius 1 is 1.04 bits per heavy atom. The summed E-state index contributed by atoms with van der Waals surface area (Å²) in [7, 11) is 1.24. The summed E-state index contributed by atoms with van der Waals surface area (Å²) in [6.07, 6.45) is 1.50. The molecule has 0 saturated carbocycles. The SMILES string of the molecule is CCOC(=O)C1=C(C)N=c2s/c(=C/c3cc(Br)c(OCc4ccc(Cl)c(Cl)c4)c([N+](=O)[O-])c3)c(=O)n2[C@@H]1c1ccc(OCC(=O)OC)c(OCC)c1. The molecule has 4 aromatic rings. The Morgan fingerprint density at radius 2 is 1.81 bits per heavy atom. The number of aromatic nitrogens is 1. The number of fused-ring (bicyclic) bond motifs is 1. The van der Waals surface area contributed by atoms with E-state index in [0.717, 1.165) is 11.3 Å². The molecule has 0 radical (unpaired) electrons. The van der Waals surface area contributed by atoms with Crippen molar-refractivity contribution < 1.29 is 38.2 Å². The second-order valence-corrected chi connectivity index (χ2v) is 13.6. The van der Waals surface area contributed by atoms with E-state index in [1.807, 2.05) is 0 Å². The second kappa shape index (κ2) is 16.8. The molecule has 1 aliphatic heterocycles. The molecule has 3 aromatic carbocycles. The Hall–Kier alpha value is -4.70. The summed E-state index contributed by atoms with van der Waals surface area (Å²) in [5, 5.41) is 12.9. The summed E-state index contributed by atoms with van der Waals surface area (Å²) < 4.78 is 29.1. The normalized spacial score (nSPS) is 14.0. The number of carbonyl (C=O) groups excluding carboxylic acids is 2. The van der Waals surface area contributed by atoms with Crippen LogP contribution in [0.25, 0.3) is 6.08 Å². The van der Waals surface area contributed by atoms with Gasteiger partial charge in [0.2, 0.25) is 5.75 Å². The lowest BCUT2D eigenvalue weighted by Gasteiger charge is -2.25. The van der Waals surface area contributed by atoms with Gasteiger partial charge in [0.05, 0.1) is 61.6 Å². The smallest absolute Gasteiger partial charge is 0.343 e. The lowest BCUT2D eigenvalue weighted by molar-refractivity contribution is -0.386. The van der Waals surface area contributed by atoms with Crippen molar-refractivity contribution in [2.24, 2.45) is 4.99 Å². The molecule has 5 rings (SSSR count). The fourth-order valence-corrected chi connectivity index (χ4v) is 7.23. The van der Waals surface area contributed by atoms with Gasteiger partial charge in [-0.25, -0.2) is 14.6 Å². The van der Waals surface area contributed by atoms with Gasteiger partial charge >= 0.3 is 17.6 Å². The molecule has 52 heavy (non-hydrogen) atoms. The fourth-order valence-electron chi connectivity index (χ4n) is 5.28. The van der Waals surface area contributed by atoms with Crippen molar-refractivity contribution in [3.05, 3.63) is 121 Å². The number of carbonyl (C=O) groups is 2. The number of nitro benzene ring substituents is 1. The number of nitro groups is 1. The molecule has 0 unspecified atom stereocenters. The molecule has 1 aliphatic rings. The molecule has 13 nitrogen and oxygen atoms in total. The first-order chi connectivity index (χ1) is 24.9. The maximum atomic E-state index is 14.2. The highest BCUT2D eigenvalue weighted by Crippen LogP contribution is 2.39. The van der Waals surface area contributed by atoms with Crippen molar-refractivity contribution >= 4 is 74.2 Å². The number of allylic oxidation sites excluding steroid dienone is 1. The van der Waals surface area contributed by atoms with Gasteiger partial charge in [-0.05, 0) is 89.8 Å². The number of benzene rings is 3. The summed E-state index contributed by atoms with van der Waals surface area (Å²) >= 11 is 16.5. The van der Waals surface area contributed by atoms with E-state index in [-0.39, 0.29) is 68.7 Å². The minimum absolute atomic E-state index is 0.0199. The molecule has 0 amide bonds. The van der Waals surface area contributed by atoms with Gasteiger partial charge in [0.15, 0.2) is 22.9 Å². The Labute approximate surface area is 318 Å². The van der Waals surface area contributed by atoms with E-state index in [1.165, 1.54) is 23.8 Å². The van der Waals surface area contributed by atoms with Crippen molar-refractivity contribution in [3.63, 3.8) is 0 Å². The topological polar surface area (TPSA) is 158 Å². The lowest BCUT2D eigenvalue weighted by atomic mass is 9.95. The summed E-state index contributed by atoms with van der Waals surface area (Å²) in [6, 6.07) is 11.6. The zero-order chi connectivity index (χ0) is 37.7. The van der Waals surface area contributed by atoms with Crippen LogP contribution in [0.3, 0.4) is 0 Å². The van der Waals surface area contributed by atoms with E-state index in [0.29, 0.717) is 32.4 Å². The molecule has 17 heteroatoms. The van der Waals surface area contributed by atoms with E-state index >= 15 is 0 Å². The van der Waals surface area contributed by atoms with Crippen molar-refractivity contribution in [3.8, 4) is 17.2 Å². The molecule has 0 fully saturated rings. The number of rotatable bonds is 13. The third-order valence-corrected chi connectivity index (χ3v) is 9.89. The first-order valence-electron chi connectivity index (χ1n) is 15.6. The minimum atomic E-state index is -0.996. The van der Waals surface area contributed by atoms with Crippen LogP contribution < -0.4 is 29.1 Å². The Morgan fingerprint density at radius 3 is 2.48 bits per heavy atom. The number of ether oxygens (including phenoxy) is 5. The number of hydrogen-bond acceptors (Lipinski definition) is 12. The molecule has 0 N–H and O–H groups in total. The van der Waals surface area contributed by atoms with Crippen LogP contribution in [0.5, 0.6) is 17.2 Å². The molecule has 272 valence electrons. The van der Waals surface area contributed by atoms with Crippen molar-refractivity contribution in [2.45, 2.75) is 33.4 Å². The predicted octanol–water partition coefficient (Wildman–Crippen LogP) is 6.31. The lowest BCUT2D eigenvalue weighted by Crippen LogP contribution is -2.40. The molecule has 0 spiro atoms. The molecular weight excluding hydrogens is 805 g/mol. The Kier molecular flexibility index (Phi) is 12.4.